The molecular weight excluding hydrogens is 114 g/mol. The molecule has 0 unspecified atom stereocenters. The van der Waals surface area contributed by atoms with Gasteiger partial charge in [0.2, 0.25) is 0 Å². The van der Waals surface area contributed by atoms with E-state index in [1.165, 1.54) is 0 Å². The topological polar surface area (TPSA) is 62.8 Å². The van der Waals surface area contributed by atoms with Gasteiger partial charge in [0.15, 0.2) is 0 Å². The highest BCUT2D eigenvalue weighted by Crippen LogP contribution is 1.73. The molecule has 0 aromatic carbocycles. The molecule has 0 aliphatic heterocycles. The van der Waals surface area contributed by atoms with Gasteiger partial charge < -0.3 is 5.73 Å². The van der Waals surface area contributed by atoms with E-state index >= 15 is 0 Å². The molecule has 1 aromatic heterocycles. The fourth-order valence-electron chi connectivity index (χ4n) is 0.313. The summed E-state index contributed by atoms with van der Waals surface area (Å²) in [5.74, 6) is 0. The fraction of sp³-hybridized carbons (Fsp3) is 0. The molecule has 48 valence electrons. The molecule has 3 heteroatoms. The van der Waals surface area contributed by atoms with Gasteiger partial charge in [0.1, 0.15) is 0 Å². The van der Waals surface area contributed by atoms with Gasteiger partial charge in [-0.3, -0.25) is 10.4 Å². The van der Waals surface area contributed by atoms with Crippen LogP contribution in [0.5, 0.6) is 0 Å². The molecule has 0 atom stereocenters. The van der Waals surface area contributed by atoms with Gasteiger partial charge in [-0.2, -0.15) is 0 Å². The lowest BCUT2D eigenvalue weighted by Gasteiger charge is -1.70. The molecule has 1 heterocycles. The molecule has 1 rings (SSSR count). The normalized spacial score (nSPS) is 6.67. The molecular formula is C6H9N3. The van der Waals surface area contributed by atoms with Crippen molar-refractivity contribution < 1.29 is 0 Å². The Morgan fingerprint density at radius 1 is 1.22 bits per heavy atom. The number of pyridine rings is 1. The van der Waals surface area contributed by atoms with Gasteiger partial charge in [-0.15, -0.1) is 0 Å². The summed E-state index contributed by atoms with van der Waals surface area (Å²) >= 11 is 0. The number of nitrogens with one attached hydrogen (secondary N) is 1. The molecule has 0 amide bonds. The third-order valence-corrected chi connectivity index (χ3v) is 0.566. The molecule has 3 N–H and O–H groups in total. The van der Waals surface area contributed by atoms with E-state index in [9.17, 15) is 0 Å². The first-order chi connectivity index (χ1) is 4.41. The number of hydrogen-bond acceptors (Lipinski definition) is 2. The maximum absolute atomic E-state index is 5.86. The Morgan fingerprint density at radius 2 is 1.67 bits per heavy atom. The van der Waals surface area contributed by atoms with Gasteiger partial charge in [0.05, 0.1) is 6.34 Å². The second-order valence-corrected chi connectivity index (χ2v) is 1.19. The standard InChI is InChI=1S/C5H5N.CH4N2/c1-2-4-6-5-3-1;2-1-3/h1-5H;1H,(H3,2,3). The van der Waals surface area contributed by atoms with E-state index in [-0.39, 0.29) is 0 Å². The van der Waals surface area contributed by atoms with Gasteiger partial charge in [-0.05, 0) is 12.1 Å². The smallest absolute Gasteiger partial charge is 0.0765 e. The zero-order valence-electron chi connectivity index (χ0n) is 4.99. The van der Waals surface area contributed by atoms with Crippen LogP contribution in [0.15, 0.2) is 30.6 Å². The molecule has 0 saturated carbocycles. The van der Waals surface area contributed by atoms with Gasteiger partial charge in [0.25, 0.3) is 0 Å². The van der Waals surface area contributed by atoms with E-state index < -0.39 is 0 Å². The van der Waals surface area contributed by atoms with Crippen LogP contribution in [0, 0.1) is 5.41 Å². The van der Waals surface area contributed by atoms with Crippen molar-refractivity contribution in [2.24, 2.45) is 5.73 Å². The molecule has 0 radical (unpaired) electrons. The highest BCUT2D eigenvalue weighted by molar-refractivity contribution is 5.46. The van der Waals surface area contributed by atoms with Crippen LogP contribution >= 0.6 is 0 Å². The van der Waals surface area contributed by atoms with Crippen LogP contribution in [0.4, 0.5) is 0 Å². The Labute approximate surface area is 54.0 Å². The van der Waals surface area contributed by atoms with Crippen LogP contribution in [0.2, 0.25) is 0 Å². The largest absolute Gasteiger partial charge is 0.390 e. The Morgan fingerprint density at radius 3 is 1.78 bits per heavy atom. The van der Waals surface area contributed by atoms with Crippen molar-refractivity contribution in [3.8, 4) is 0 Å². The maximum Gasteiger partial charge on any atom is 0.0765 e. The summed E-state index contributed by atoms with van der Waals surface area (Å²) < 4.78 is 0. The number of nitrogens with zero attached hydrogens (tertiary/aromatic N) is 1. The van der Waals surface area contributed by atoms with E-state index in [1.807, 2.05) is 18.2 Å². The minimum absolute atomic E-state index is 0.750. The third-order valence-electron chi connectivity index (χ3n) is 0.566. The molecule has 1 aromatic rings. The highest BCUT2D eigenvalue weighted by Gasteiger charge is 1.58. The van der Waals surface area contributed by atoms with Crippen molar-refractivity contribution >= 4 is 6.34 Å². The van der Waals surface area contributed by atoms with Crippen molar-refractivity contribution in [1.29, 1.82) is 5.41 Å². The fourth-order valence-corrected chi connectivity index (χ4v) is 0.313. The van der Waals surface area contributed by atoms with Crippen LogP contribution in [-0.2, 0) is 0 Å². The number of hydrogen-bond donors (Lipinski definition) is 2. The van der Waals surface area contributed by atoms with Crippen LogP contribution in [-0.4, -0.2) is 11.3 Å². The minimum atomic E-state index is 0.750. The molecule has 0 spiro atoms. The van der Waals surface area contributed by atoms with E-state index in [4.69, 9.17) is 5.41 Å². The molecule has 0 aliphatic rings. The Kier molecular flexibility index (Phi) is 5.60. The van der Waals surface area contributed by atoms with Gasteiger partial charge in [-0.1, -0.05) is 6.07 Å². The van der Waals surface area contributed by atoms with Crippen LogP contribution in [0.3, 0.4) is 0 Å². The molecule has 9 heavy (non-hydrogen) atoms. The lowest BCUT2D eigenvalue weighted by Crippen LogP contribution is -1.81. The van der Waals surface area contributed by atoms with Gasteiger partial charge in [0, 0.05) is 12.4 Å². The summed E-state index contributed by atoms with van der Waals surface area (Å²) in [5, 5.41) is 5.86. The molecule has 0 saturated heterocycles. The second kappa shape index (κ2) is 6.62. The van der Waals surface area contributed by atoms with Crippen molar-refractivity contribution in [3.63, 3.8) is 0 Å². The quantitative estimate of drug-likeness (QED) is 0.392. The highest BCUT2D eigenvalue weighted by atomic mass is 14.6. The first-order valence-corrected chi connectivity index (χ1v) is 2.47. The van der Waals surface area contributed by atoms with E-state index in [0.29, 0.717) is 0 Å². The maximum atomic E-state index is 5.86. The molecule has 3 nitrogen and oxygen atoms in total. The lowest BCUT2D eigenvalue weighted by molar-refractivity contribution is 1.33. The van der Waals surface area contributed by atoms with E-state index in [0.717, 1.165) is 6.34 Å². The predicted octanol–water partition coefficient (Wildman–Crippen LogP) is 0.634. The summed E-state index contributed by atoms with van der Waals surface area (Å²) in [5.41, 5.74) is 4.39. The summed E-state index contributed by atoms with van der Waals surface area (Å²) in [7, 11) is 0. The lowest BCUT2D eigenvalue weighted by atomic mass is 10.5. The SMILES string of the molecule is N=CN.c1ccncc1. The third kappa shape index (κ3) is 6.62. The first-order valence-electron chi connectivity index (χ1n) is 2.47. The summed E-state index contributed by atoms with van der Waals surface area (Å²) in [4.78, 5) is 3.78. The van der Waals surface area contributed by atoms with Crippen LogP contribution < -0.4 is 5.73 Å². The first kappa shape index (κ1) is 7.62. The monoisotopic (exact) mass is 123 g/mol. The zero-order valence-corrected chi connectivity index (χ0v) is 4.99. The van der Waals surface area contributed by atoms with Crippen LogP contribution in [0.1, 0.15) is 0 Å². The van der Waals surface area contributed by atoms with Crippen molar-refractivity contribution in [2.75, 3.05) is 0 Å². The zero-order chi connectivity index (χ0) is 6.95. The van der Waals surface area contributed by atoms with Gasteiger partial charge in [-0.25, -0.2) is 0 Å². The molecule has 0 aliphatic carbocycles. The minimum Gasteiger partial charge on any atom is -0.390 e. The van der Waals surface area contributed by atoms with Crippen LogP contribution in [0.25, 0.3) is 0 Å². The molecule has 0 bridgehead atoms. The Hall–Kier alpha value is -1.38. The van der Waals surface area contributed by atoms with Gasteiger partial charge >= 0.3 is 0 Å². The van der Waals surface area contributed by atoms with E-state index in [1.54, 1.807) is 12.4 Å². The summed E-state index contributed by atoms with van der Waals surface area (Å²) in [6.45, 7) is 0. The number of nitrogens with two attached hydrogens (primary N) is 1. The predicted molar refractivity (Wildman–Crippen MR) is 37.2 cm³/mol. The summed E-state index contributed by atoms with van der Waals surface area (Å²) in [6, 6.07) is 5.72. The molecule has 0 fully saturated rings. The Bertz CT molecular complexity index is 112. The second-order valence-electron chi connectivity index (χ2n) is 1.19. The average Bonchev–Trinajstić information content (AvgIpc) is 1.93. The summed E-state index contributed by atoms with van der Waals surface area (Å²) in [6.07, 6.45) is 4.25. The van der Waals surface area contributed by atoms with Crippen molar-refractivity contribution in [2.45, 2.75) is 0 Å². The van der Waals surface area contributed by atoms with Crippen molar-refractivity contribution in [1.82, 2.24) is 4.98 Å². The number of rotatable bonds is 0. The number of aromatic nitrogens is 1. The van der Waals surface area contributed by atoms with E-state index in [2.05, 4.69) is 10.7 Å². The van der Waals surface area contributed by atoms with Crippen molar-refractivity contribution in [3.05, 3.63) is 30.6 Å². The average molecular weight is 123 g/mol. The Balaban J connectivity index is 0.000000187.